The van der Waals surface area contributed by atoms with Crippen molar-refractivity contribution in [3.05, 3.63) is 29.1 Å². The average molecular weight is 263 g/mol. The smallest absolute Gasteiger partial charge is 0.171 e. The standard InChI is InChI=1S/C15H18FNO2/c1-19-9-4-6-15(7-5-9)8-10-11(16)2-3-12(17)13(10)14(15)18/h2-3,9H,4-8,17H2,1H3. The first-order valence-corrected chi connectivity index (χ1v) is 6.72. The summed E-state index contributed by atoms with van der Waals surface area (Å²) in [4.78, 5) is 12.7. The van der Waals surface area contributed by atoms with Gasteiger partial charge in [-0.05, 0) is 44.2 Å². The van der Waals surface area contributed by atoms with Crippen LogP contribution in [0.25, 0.3) is 0 Å². The number of methoxy groups -OCH3 is 1. The van der Waals surface area contributed by atoms with Crippen LogP contribution in [0, 0.1) is 11.2 Å². The highest BCUT2D eigenvalue weighted by atomic mass is 19.1. The minimum absolute atomic E-state index is 0.0362. The van der Waals surface area contributed by atoms with Gasteiger partial charge in [-0.2, -0.15) is 0 Å². The molecule has 2 aliphatic rings. The summed E-state index contributed by atoms with van der Waals surface area (Å²) in [6, 6.07) is 2.85. The first kappa shape index (κ1) is 12.6. The Labute approximate surface area is 111 Å². The van der Waals surface area contributed by atoms with Crippen LogP contribution in [0.15, 0.2) is 12.1 Å². The summed E-state index contributed by atoms with van der Waals surface area (Å²) in [6.07, 6.45) is 3.96. The SMILES string of the molecule is COC1CCC2(CC1)Cc1c(F)ccc(N)c1C2=O. The number of nitrogen functional groups attached to an aromatic ring is 1. The topological polar surface area (TPSA) is 52.3 Å². The van der Waals surface area contributed by atoms with E-state index < -0.39 is 5.41 Å². The Kier molecular flexibility index (Phi) is 2.86. The molecule has 0 heterocycles. The van der Waals surface area contributed by atoms with Crippen LogP contribution < -0.4 is 5.73 Å². The summed E-state index contributed by atoms with van der Waals surface area (Å²) in [5.41, 5.74) is 6.78. The number of ketones is 1. The highest BCUT2D eigenvalue weighted by Crippen LogP contribution is 2.49. The molecule has 1 aromatic rings. The molecule has 0 unspecified atom stereocenters. The number of nitrogens with two attached hydrogens (primary N) is 1. The monoisotopic (exact) mass is 263 g/mol. The summed E-state index contributed by atoms with van der Waals surface area (Å²) < 4.78 is 19.2. The van der Waals surface area contributed by atoms with E-state index >= 15 is 0 Å². The average Bonchev–Trinajstić information content (AvgIpc) is 2.70. The fourth-order valence-electron chi connectivity index (χ4n) is 3.55. The van der Waals surface area contributed by atoms with Gasteiger partial charge in [-0.15, -0.1) is 0 Å². The number of carbonyl (C=O) groups is 1. The zero-order valence-electron chi connectivity index (χ0n) is 11.0. The maximum Gasteiger partial charge on any atom is 0.171 e. The van der Waals surface area contributed by atoms with E-state index in [4.69, 9.17) is 10.5 Å². The second-order valence-electron chi connectivity index (χ2n) is 5.71. The molecule has 1 spiro atoms. The summed E-state index contributed by atoms with van der Waals surface area (Å²) in [5, 5.41) is 0. The molecule has 0 amide bonds. The van der Waals surface area contributed by atoms with Crippen molar-refractivity contribution in [2.24, 2.45) is 5.41 Å². The number of fused-ring (bicyclic) bond motifs is 1. The van der Waals surface area contributed by atoms with Crippen LogP contribution in [-0.4, -0.2) is 19.0 Å². The predicted molar refractivity (Wildman–Crippen MR) is 70.5 cm³/mol. The summed E-state index contributed by atoms with van der Waals surface area (Å²) in [6.45, 7) is 0. The van der Waals surface area contributed by atoms with Gasteiger partial charge in [0.25, 0.3) is 0 Å². The quantitative estimate of drug-likeness (QED) is 0.793. The fourth-order valence-corrected chi connectivity index (χ4v) is 3.55. The molecule has 0 atom stereocenters. The van der Waals surface area contributed by atoms with Crippen molar-refractivity contribution >= 4 is 11.5 Å². The van der Waals surface area contributed by atoms with Crippen molar-refractivity contribution in [2.45, 2.75) is 38.2 Å². The van der Waals surface area contributed by atoms with Crippen molar-refractivity contribution in [1.82, 2.24) is 0 Å². The fraction of sp³-hybridized carbons (Fsp3) is 0.533. The number of halogens is 1. The van der Waals surface area contributed by atoms with E-state index in [2.05, 4.69) is 0 Å². The largest absolute Gasteiger partial charge is 0.398 e. The third-order valence-corrected chi connectivity index (χ3v) is 4.73. The molecule has 102 valence electrons. The molecule has 0 aliphatic heterocycles. The van der Waals surface area contributed by atoms with Gasteiger partial charge in [0.1, 0.15) is 5.82 Å². The molecule has 0 bridgehead atoms. The first-order chi connectivity index (χ1) is 9.07. The Bertz CT molecular complexity index is 533. The highest BCUT2D eigenvalue weighted by Gasteiger charge is 2.49. The zero-order chi connectivity index (χ0) is 13.6. The van der Waals surface area contributed by atoms with Gasteiger partial charge in [0, 0.05) is 29.3 Å². The third kappa shape index (κ3) is 1.77. The Hall–Kier alpha value is -1.42. The van der Waals surface area contributed by atoms with Crippen LogP contribution in [0.1, 0.15) is 41.6 Å². The van der Waals surface area contributed by atoms with Crippen LogP contribution in [0.5, 0.6) is 0 Å². The second kappa shape index (κ2) is 4.30. The van der Waals surface area contributed by atoms with E-state index in [1.54, 1.807) is 7.11 Å². The maximum absolute atomic E-state index is 13.9. The van der Waals surface area contributed by atoms with E-state index in [0.717, 1.165) is 25.7 Å². The molecule has 3 rings (SSSR count). The number of Topliss-reactive ketones (excluding diaryl/α,β-unsaturated/α-hetero) is 1. The number of hydrogen-bond acceptors (Lipinski definition) is 3. The summed E-state index contributed by atoms with van der Waals surface area (Å²) in [5.74, 6) is -0.266. The van der Waals surface area contributed by atoms with E-state index in [1.807, 2.05) is 0 Å². The molecular formula is C15H18FNO2. The normalized spacial score (nSPS) is 29.8. The Morgan fingerprint density at radius 1 is 1.37 bits per heavy atom. The van der Waals surface area contributed by atoms with Gasteiger partial charge in [0.15, 0.2) is 5.78 Å². The predicted octanol–water partition coefficient (Wildman–Crippen LogP) is 2.72. The van der Waals surface area contributed by atoms with Crippen molar-refractivity contribution in [2.75, 3.05) is 12.8 Å². The van der Waals surface area contributed by atoms with Gasteiger partial charge in [0.2, 0.25) is 0 Å². The van der Waals surface area contributed by atoms with Crippen molar-refractivity contribution in [3.8, 4) is 0 Å². The molecule has 19 heavy (non-hydrogen) atoms. The molecule has 0 radical (unpaired) electrons. The summed E-state index contributed by atoms with van der Waals surface area (Å²) >= 11 is 0. The van der Waals surface area contributed by atoms with Crippen LogP contribution in [0.3, 0.4) is 0 Å². The molecule has 3 nitrogen and oxygen atoms in total. The van der Waals surface area contributed by atoms with E-state index in [0.29, 0.717) is 23.2 Å². The molecule has 4 heteroatoms. The van der Waals surface area contributed by atoms with E-state index in [-0.39, 0.29) is 17.7 Å². The van der Waals surface area contributed by atoms with Gasteiger partial charge in [0.05, 0.1) is 6.10 Å². The zero-order valence-corrected chi connectivity index (χ0v) is 11.0. The molecule has 0 aromatic heterocycles. The molecule has 0 saturated heterocycles. The van der Waals surface area contributed by atoms with Crippen molar-refractivity contribution in [3.63, 3.8) is 0 Å². The molecule has 1 aromatic carbocycles. The lowest BCUT2D eigenvalue weighted by molar-refractivity contribution is 0.0285. The van der Waals surface area contributed by atoms with Crippen LogP contribution in [-0.2, 0) is 11.2 Å². The lowest BCUT2D eigenvalue weighted by atomic mass is 9.70. The lowest BCUT2D eigenvalue weighted by Crippen LogP contribution is -2.35. The van der Waals surface area contributed by atoms with Crippen LogP contribution in [0.2, 0.25) is 0 Å². The lowest BCUT2D eigenvalue weighted by Gasteiger charge is -2.35. The molecule has 2 N–H and O–H groups in total. The number of rotatable bonds is 1. The number of anilines is 1. The van der Waals surface area contributed by atoms with Crippen LogP contribution in [0.4, 0.5) is 10.1 Å². The molecule has 1 fully saturated rings. The van der Waals surface area contributed by atoms with Crippen molar-refractivity contribution < 1.29 is 13.9 Å². The number of carbonyl (C=O) groups excluding carboxylic acids is 1. The Morgan fingerprint density at radius 2 is 2.05 bits per heavy atom. The minimum Gasteiger partial charge on any atom is -0.398 e. The van der Waals surface area contributed by atoms with Crippen LogP contribution >= 0.6 is 0 Å². The van der Waals surface area contributed by atoms with E-state index in [9.17, 15) is 9.18 Å². The highest BCUT2D eigenvalue weighted by molar-refractivity contribution is 6.08. The van der Waals surface area contributed by atoms with Gasteiger partial charge < -0.3 is 10.5 Å². The third-order valence-electron chi connectivity index (χ3n) is 4.73. The van der Waals surface area contributed by atoms with Crippen molar-refractivity contribution in [1.29, 1.82) is 0 Å². The Balaban J connectivity index is 1.96. The second-order valence-corrected chi connectivity index (χ2v) is 5.71. The number of ether oxygens (including phenoxy) is 1. The first-order valence-electron chi connectivity index (χ1n) is 6.72. The minimum atomic E-state index is -0.437. The van der Waals surface area contributed by atoms with E-state index in [1.165, 1.54) is 12.1 Å². The van der Waals surface area contributed by atoms with Gasteiger partial charge in [-0.3, -0.25) is 4.79 Å². The van der Waals surface area contributed by atoms with Gasteiger partial charge in [-0.25, -0.2) is 4.39 Å². The number of hydrogen-bond donors (Lipinski definition) is 1. The molecular weight excluding hydrogens is 245 g/mol. The maximum atomic E-state index is 13.9. The van der Waals surface area contributed by atoms with Gasteiger partial charge >= 0.3 is 0 Å². The van der Waals surface area contributed by atoms with Gasteiger partial charge in [-0.1, -0.05) is 0 Å². The number of benzene rings is 1. The molecule has 2 aliphatic carbocycles. The molecule has 1 saturated carbocycles. The summed E-state index contributed by atoms with van der Waals surface area (Å²) in [7, 11) is 1.70. The Morgan fingerprint density at radius 3 is 2.63 bits per heavy atom.